The Morgan fingerprint density at radius 1 is 1.69 bits per heavy atom. The molecule has 2 atom stereocenters. The Kier molecular flexibility index (Phi) is 4.88. The van der Waals surface area contributed by atoms with Gasteiger partial charge in [0.2, 0.25) is 0 Å². The molecule has 76 valence electrons. The Morgan fingerprint density at radius 3 is 2.62 bits per heavy atom. The fourth-order valence-electron chi connectivity index (χ4n) is 1.17. The van der Waals surface area contributed by atoms with Crippen molar-refractivity contribution in [1.82, 2.24) is 10.9 Å². The standard InChI is InChI=1S/C10H19FN2/c1-6-7-8(2)9(3)10(4,11)13-12-5/h6,8,12-13H,1,3,7H2,2,4-5H3. The van der Waals surface area contributed by atoms with E-state index in [1.165, 1.54) is 6.92 Å². The van der Waals surface area contributed by atoms with Crippen molar-refractivity contribution in [3.63, 3.8) is 0 Å². The first-order chi connectivity index (χ1) is 5.95. The van der Waals surface area contributed by atoms with E-state index in [0.717, 1.165) is 6.42 Å². The van der Waals surface area contributed by atoms with Gasteiger partial charge in [-0.05, 0) is 31.9 Å². The summed E-state index contributed by atoms with van der Waals surface area (Å²) in [6.45, 7) is 10.7. The van der Waals surface area contributed by atoms with E-state index in [0.29, 0.717) is 5.57 Å². The number of nitrogens with one attached hydrogen (secondary N) is 2. The third-order valence-electron chi connectivity index (χ3n) is 2.08. The average molecular weight is 186 g/mol. The topological polar surface area (TPSA) is 24.1 Å². The lowest BCUT2D eigenvalue weighted by atomic mass is 9.92. The largest absolute Gasteiger partial charge is 0.258 e. The molecule has 0 amide bonds. The Balaban J connectivity index is 4.29. The minimum Gasteiger partial charge on any atom is -0.258 e. The predicted octanol–water partition coefficient (Wildman–Crippen LogP) is 2.16. The third kappa shape index (κ3) is 3.70. The monoisotopic (exact) mass is 186 g/mol. The molecule has 0 bridgehead atoms. The zero-order valence-electron chi connectivity index (χ0n) is 8.65. The van der Waals surface area contributed by atoms with Crippen molar-refractivity contribution >= 4 is 0 Å². The van der Waals surface area contributed by atoms with Crippen molar-refractivity contribution in [2.24, 2.45) is 5.92 Å². The maximum Gasteiger partial charge on any atom is 0.192 e. The molecule has 0 aliphatic carbocycles. The van der Waals surface area contributed by atoms with Gasteiger partial charge in [-0.25, -0.2) is 9.82 Å². The van der Waals surface area contributed by atoms with Gasteiger partial charge in [0.15, 0.2) is 5.79 Å². The molecule has 0 heterocycles. The molecule has 0 aromatic carbocycles. The number of halogens is 1. The number of rotatable bonds is 6. The number of hydrogen-bond acceptors (Lipinski definition) is 2. The van der Waals surface area contributed by atoms with Crippen LogP contribution in [0.25, 0.3) is 0 Å². The zero-order valence-corrected chi connectivity index (χ0v) is 8.65. The molecule has 0 spiro atoms. The molecule has 2 N–H and O–H groups in total. The number of hydrazine groups is 1. The Bertz CT molecular complexity index is 187. The number of allylic oxidation sites excluding steroid dienone is 1. The van der Waals surface area contributed by atoms with E-state index >= 15 is 0 Å². The molecule has 0 rings (SSSR count). The van der Waals surface area contributed by atoms with Gasteiger partial charge >= 0.3 is 0 Å². The van der Waals surface area contributed by atoms with E-state index in [1.54, 1.807) is 13.1 Å². The fraction of sp³-hybridized carbons (Fsp3) is 0.600. The summed E-state index contributed by atoms with van der Waals surface area (Å²) in [4.78, 5) is 0. The van der Waals surface area contributed by atoms with Crippen molar-refractivity contribution < 1.29 is 4.39 Å². The quantitative estimate of drug-likeness (QED) is 0.377. The van der Waals surface area contributed by atoms with Crippen LogP contribution < -0.4 is 10.9 Å². The molecule has 13 heavy (non-hydrogen) atoms. The maximum atomic E-state index is 13.8. The van der Waals surface area contributed by atoms with Gasteiger partial charge in [0.1, 0.15) is 0 Å². The molecule has 0 radical (unpaired) electrons. The molecule has 0 saturated heterocycles. The molecule has 2 unspecified atom stereocenters. The van der Waals surface area contributed by atoms with E-state index in [1.807, 2.05) is 6.92 Å². The lowest BCUT2D eigenvalue weighted by molar-refractivity contribution is 0.152. The van der Waals surface area contributed by atoms with Gasteiger partial charge in [-0.2, -0.15) is 0 Å². The smallest absolute Gasteiger partial charge is 0.192 e. The fourth-order valence-corrected chi connectivity index (χ4v) is 1.17. The summed E-state index contributed by atoms with van der Waals surface area (Å²) in [7, 11) is 1.63. The highest BCUT2D eigenvalue weighted by atomic mass is 19.1. The first-order valence-corrected chi connectivity index (χ1v) is 4.38. The summed E-state index contributed by atoms with van der Waals surface area (Å²) in [5.41, 5.74) is 5.61. The lowest BCUT2D eigenvalue weighted by Gasteiger charge is -2.27. The highest BCUT2D eigenvalue weighted by Crippen LogP contribution is 2.25. The SMILES string of the molecule is C=CCC(C)C(=C)C(C)(F)NNC. The van der Waals surface area contributed by atoms with Crippen LogP contribution in [-0.4, -0.2) is 12.8 Å². The van der Waals surface area contributed by atoms with Gasteiger partial charge < -0.3 is 0 Å². The second kappa shape index (κ2) is 5.14. The molecule has 3 heteroatoms. The summed E-state index contributed by atoms with van der Waals surface area (Å²) in [6.07, 6.45) is 2.51. The average Bonchev–Trinajstić information content (AvgIpc) is 2.03. The van der Waals surface area contributed by atoms with E-state index in [9.17, 15) is 4.39 Å². The Labute approximate surface area is 79.9 Å². The van der Waals surface area contributed by atoms with Gasteiger partial charge in [0.25, 0.3) is 0 Å². The van der Waals surface area contributed by atoms with Crippen LogP contribution in [0.3, 0.4) is 0 Å². The number of hydrogen-bond donors (Lipinski definition) is 2. The highest BCUT2D eigenvalue weighted by Gasteiger charge is 2.28. The molecule has 0 aromatic heterocycles. The Hall–Kier alpha value is -0.670. The highest BCUT2D eigenvalue weighted by molar-refractivity contribution is 5.13. The summed E-state index contributed by atoms with van der Waals surface area (Å²) >= 11 is 0. The van der Waals surface area contributed by atoms with Crippen LogP contribution in [0.1, 0.15) is 20.3 Å². The van der Waals surface area contributed by atoms with E-state index in [4.69, 9.17) is 0 Å². The zero-order chi connectivity index (χ0) is 10.5. The summed E-state index contributed by atoms with van der Waals surface area (Å²) < 4.78 is 13.8. The predicted molar refractivity (Wildman–Crippen MR) is 54.8 cm³/mol. The van der Waals surface area contributed by atoms with Crippen LogP contribution in [0.4, 0.5) is 4.39 Å². The Morgan fingerprint density at radius 2 is 2.23 bits per heavy atom. The van der Waals surface area contributed by atoms with E-state index in [2.05, 4.69) is 24.0 Å². The molecule has 0 fully saturated rings. The molecular weight excluding hydrogens is 167 g/mol. The van der Waals surface area contributed by atoms with Crippen LogP contribution in [0.15, 0.2) is 24.8 Å². The van der Waals surface area contributed by atoms with Crippen LogP contribution in [0.2, 0.25) is 0 Å². The van der Waals surface area contributed by atoms with Crippen LogP contribution >= 0.6 is 0 Å². The summed E-state index contributed by atoms with van der Waals surface area (Å²) in [6, 6.07) is 0. The third-order valence-corrected chi connectivity index (χ3v) is 2.08. The van der Waals surface area contributed by atoms with Gasteiger partial charge in [-0.3, -0.25) is 5.43 Å². The van der Waals surface area contributed by atoms with Crippen molar-refractivity contribution in [2.75, 3.05) is 7.05 Å². The number of alkyl halides is 1. The second-order valence-electron chi connectivity index (χ2n) is 3.33. The molecule has 0 aliphatic heterocycles. The maximum absolute atomic E-state index is 13.8. The van der Waals surface area contributed by atoms with Gasteiger partial charge in [-0.15, -0.1) is 6.58 Å². The van der Waals surface area contributed by atoms with E-state index < -0.39 is 5.79 Å². The van der Waals surface area contributed by atoms with Crippen molar-refractivity contribution in [2.45, 2.75) is 26.1 Å². The first kappa shape index (κ1) is 12.3. The van der Waals surface area contributed by atoms with Crippen molar-refractivity contribution in [1.29, 1.82) is 0 Å². The first-order valence-electron chi connectivity index (χ1n) is 4.38. The molecule has 0 aliphatic rings. The van der Waals surface area contributed by atoms with Crippen molar-refractivity contribution in [3.05, 3.63) is 24.8 Å². The lowest BCUT2D eigenvalue weighted by Crippen LogP contribution is -2.47. The van der Waals surface area contributed by atoms with Crippen molar-refractivity contribution in [3.8, 4) is 0 Å². The minimum absolute atomic E-state index is 0.0911. The van der Waals surface area contributed by atoms with E-state index in [-0.39, 0.29) is 5.92 Å². The molecule has 0 aromatic rings. The summed E-state index contributed by atoms with van der Waals surface area (Å²) in [5.74, 6) is -1.48. The second-order valence-corrected chi connectivity index (χ2v) is 3.33. The normalized spacial score (nSPS) is 17.5. The minimum atomic E-state index is -1.57. The van der Waals surface area contributed by atoms with Gasteiger partial charge in [0.05, 0.1) is 0 Å². The molecular formula is C10H19FN2. The molecule has 2 nitrogen and oxygen atoms in total. The van der Waals surface area contributed by atoms with Crippen LogP contribution in [-0.2, 0) is 0 Å². The van der Waals surface area contributed by atoms with Crippen LogP contribution in [0.5, 0.6) is 0 Å². The van der Waals surface area contributed by atoms with Gasteiger partial charge in [-0.1, -0.05) is 19.6 Å². The summed E-state index contributed by atoms with van der Waals surface area (Å²) in [5, 5.41) is 0. The van der Waals surface area contributed by atoms with Gasteiger partial charge in [0, 0.05) is 0 Å². The van der Waals surface area contributed by atoms with Crippen LogP contribution in [0, 0.1) is 5.92 Å². The molecule has 0 saturated carbocycles.